The van der Waals surface area contributed by atoms with Gasteiger partial charge in [0.1, 0.15) is 29.0 Å². The van der Waals surface area contributed by atoms with Crippen molar-refractivity contribution in [2.45, 2.75) is 50.7 Å². The third kappa shape index (κ3) is 4.86. The van der Waals surface area contributed by atoms with Gasteiger partial charge in [0.2, 0.25) is 0 Å². The third-order valence-electron chi connectivity index (χ3n) is 6.83. The van der Waals surface area contributed by atoms with Gasteiger partial charge in [-0.15, -0.1) is 0 Å². The molecule has 3 aromatic rings. The van der Waals surface area contributed by atoms with Crippen molar-refractivity contribution in [1.29, 1.82) is 0 Å². The van der Waals surface area contributed by atoms with Gasteiger partial charge in [-0.3, -0.25) is 4.90 Å². The van der Waals surface area contributed by atoms with E-state index in [2.05, 4.69) is 67.3 Å². The molecule has 2 aliphatic heterocycles. The molecule has 2 unspecified atom stereocenters. The van der Waals surface area contributed by atoms with Crippen molar-refractivity contribution in [2.75, 3.05) is 19.6 Å². The molecule has 0 amide bonds. The summed E-state index contributed by atoms with van der Waals surface area (Å²) in [7, 11) is 0. The van der Waals surface area contributed by atoms with Crippen molar-refractivity contribution in [3.63, 3.8) is 0 Å². The fourth-order valence-corrected chi connectivity index (χ4v) is 5.25. The highest BCUT2D eigenvalue weighted by Gasteiger charge is 2.38. The molecule has 0 radical (unpaired) electrons. The van der Waals surface area contributed by atoms with Crippen LogP contribution in [0.1, 0.15) is 49.3 Å². The zero-order valence-electron chi connectivity index (χ0n) is 19.5. The molecule has 4 nitrogen and oxygen atoms in total. The van der Waals surface area contributed by atoms with Crippen LogP contribution in [-0.4, -0.2) is 41.3 Å². The highest BCUT2D eigenvalue weighted by Crippen LogP contribution is 2.46. The van der Waals surface area contributed by atoms with Crippen molar-refractivity contribution in [2.24, 2.45) is 0 Å². The zero-order valence-corrected chi connectivity index (χ0v) is 19.5. The Morgan fingerprint density at radius 1 is 1.03 bits per heavy atom. The van der Waals surface area contributed by atoms with Gasteiger partial charge in [-0.1, -0.05) is 55.5 Å². The summed E-state index contributed by atoms with van der Waals surface area (Å²) in [6.45, 7) is 7.58. The topological polar surface area (TPSA) is 41.9 Å². The molecule has 2 aliphatic rings. The molecule has 0 spiro atoms. The maximum atomic E-state index is 10.1. The number of benzene rings is 3. The molecular weight excluding hydrogens is 410 g/mol. The Bertz CT molecular complexity index is 1080. The lowest BCUT2D eigenvalue weighted by Crippen LogP contribution is -2.53. The average molecular weight is 444 g/mol. The summed E-state index contributed by atoms with van der Waals surface area (Å²) in [5.74, 6) is 2.14. The summed E-state index contributed by atoms with van der Waals surface area (Å²) in [5, 5.41) is 10.1. The summed E-state index contributed by atoms with van der Waals surface area (Å²) < 4.78 is 12.7. The second-order valence-electron chi connectivity index (χ2n) is 9.76. The normalized spacial score (nSPS) is 22.8. The van der Waals surface area contributed by atoms with Crippen molar-refractivity contribution in [3.05, 3.63) is 89.5 Å². The van der Waals surface area contributed by atoms with Crippen LogP contribution in [0.5, 0.6) is 17.2 Å². The molecule has 1 N–H and O–H groups in total. The van der Waals surface area contributed by atoms with Crippen LogP contribution < -0.4 is 9.47 Å². The number of fused-ring (bicyclic) bond motifs is 1. The minimum Gasteiger partial charge on any atom is -0.508 e. The highest BCUT2D eigenvalue weighted by atomic mass is 16.5. The second-order valence-corrected chi connectivity index (χ2v) is 9.76. The van der Waals surface area contributed by atoms with Crippen LogP contribution in [0.3, 0.4) is 0 Å². The van der Waals surface area contributed by atoms with Gasteiger partial charge in [0.15, 0.2) is 0 Å². The van der Waals surface area contributed by atoms with Crippen LogP contribution >= 0.6 is 0 Å². The van der Waals surface area contributed by atoms with Crippen LogP contribution in [0.2, 0.25) is 0 Å². The molecule has 172 valence electrons. The van der Waals surface area contributed by atoms with Crippen LogP contribution in [0.15, 0.2) is 72.8 Å². The van der Waals surface area contributed by atoms with Crippen molar-refractivity contribution in [3.8, 4) is 17.2 Å². The largest absolute Gasteiger partial charge is 0.508 e. The van der Waals surface area contributed by atoms with Crippen LogP contribution in [0.25, 0.3) is 0 Å². The number of rotatable bonds is 7. The molecule has 1 saturated heterocycles. The van der Waals surface area contributed by atoms with Gasteiger partial charge in [0, 0.05) is 37.1 Å². The molecule has 2 heterocycles. The Kier molecular flexibility index (Phi) is 6.03. The first-order valence-corrected chi connectivity index (χ1v) is 12.1. The van der Waals surface area contributed by atoms with Crippen LogP contribution in [0.4, 0.5) is 0 Å². The Hall–Kier alpha value is -2.98. The van der Waals surface area contributed by atoms with Gasteiger partial charge in [0.05, 0.1) is 0 Å². The SMILES string of the molecule is CCCN1CC(Oc2ccc(C3CC(C)(Cc4ccccc4)Oc4cc(O)ccc43)cc2)C1. The van der Waals surface area contributed by atoms with Gasteiger partial charge in [-0.25, -0.2) is 0 Å². The van der Waals surface area contributed by atoms with Crippen molar-refractivity contribution < 1.29 is 14.6 Å². The van der Waals surface area contributed by atoms with E-state index >= 15 is 0 Å². The molecule has 0 aromatic heterocycles. The zero-order chi connectivity index (χ0) is 22.8. The lowest BCUT2D eigenvalue weighted by molar-refractivity contribution is 0.0202. The van der Waals surface area contributed by atoms with Gasteiger partial charge in [-0.05, 0) is 55.6 Å². The van der Waals surface area contributed by atoms with Gasteiger partial charge in [-0.2, -0.15) is 0 Å². The fraction of sp³-hybridized carbons (Fsp3) is 0.379. The summed E-state index contributed by atoms with van der Waals surface area (Å²) in [6, 6.07) is 24.6. The van der Waals surface area contributed by atoms with E-state index in [9.17, 15) is 5.11 Å². The van der Waals surface area contributed by atoms with Crippen LogP contribution in [-0.2, 0) is 6.42 Å². The lowest BCUT2D eigenvalue weighted by atomic mass is 9.77. The summed E-state index contributed by atoms with van der Waals surface area (Å²) in [4.78, 5) is 2.43. The summed E-state index contributed by atoms with van der Waals surface area (Å²) >= 11 is 0. The first kappa shape index (κ1) is 21.8. The number of ether oxygens (including phenoxy) is 2. The van der Waals surface area contributed by atoms with Crippen molar-refractivity contribution >= 4 is 0 Å². The minimum absolute atomic E-state index is 0.195. The van der Waals surface area contributed by atoms with E-state index in [0.717, 1.165) is 49.5 Å². The number of hydrogen-bond donors (Lipinski definition) is 1. The molecule has 1 fully saturated rings. The molecule has 0 saturated carbocycles. The predicted octanol–water partition coefficient (Wildman–Crippen LogP) is 5.78. The maximum absolute atomic E-state index is 10.1. The van der Waals surface area contributed by atoms with E-state index in [1.54, 1.807) is 12.1 Å². The third-order valence-corrected chi connectivity index (χ3v) is 6.83. The standard InChI is InChI=1S/C29H33NO3/c1-3-15-30-19-25(20-30)32-24-12-9-22(10-13-24)27-18-29(2,17-21-7-5-4-6-8-21)33-28-16-23(31)11-14-26(27)28/h4-14,16,25,27,31H,3,15,17-20H2,1-2H3. The smallest absolute Gasteiger partial charge is 0.127 e. The second kappa shape index (κ2) is 9.11. The quantitative estimate of drug-likeness (QED) is 0.503. The number of aromatic hydroxyl groups is 1. The Balaban J connectivity index is 1.36. The van der Waals surface area contributed by atoms with E-state index in [4.69, 9.17) is 9.47 Å². The number of likely N-dealkylation sites (tertiary alicyclic amines) is 1. The van der Waals surface area contributed by atoms with E-state index in [1.807, 2.05) is 12.1 Å². The van der Waals surface area contributed by atoms with Gasteiger partial charge < -0.3 is 14.6 Å². The Labute approximate surface area is 196 Å². The van der Waals surface area contributed by atoms with E-state index in [0.29, 0.717) is 6.10 Å². The Morgan fingerprint density at radius 3 is 2.52 bits per heavy atom. The highest BCUT2D eigenvalue weighted by molar-refractivity contribution is 5.49. The monoisotopic (exact) mass is 443 g/mol. The summed E-state index contributed by atoms with van der Waals surface area (Å²) in [5.41, 5.74) is 3.26. The molecule has 2 atom stereocenters. The van der Waals surface area contributed by atoms with E-state index < -0.39 is 0 Å². The predicted molar refractivity (Wildman–Crippen MR) is 131 cm³/mol. The molecular formula is C29H33NO3. The first-order valence-electron chi connectivity index (χ1n) is 12.1. The summed E-state index contributed by atoms with van der Waals surface area (Å²) in [6.07, 6.45) is 3.17. The van der Waals surface area contributed by atoms with Crippen LogP contribution in [0, 0.1) is 0 Å². The average Bonchev–Trinajstić information content (AvgIpc) is 2.78. The first-order chi connectivity index (χ1) is 16.0. The molecule has 33 heavy (non-hydrogen) atoms. The number of phenols is 1. The van der Waals surface area contributed by atoms with Gasteiger partial charge in [0.25, 0.3) is 0 Å². The van der Waals surface area contributed by atoms with Gasteiger partial charge >= 0.3 is 0 Å². The number of nitrogens with zero attached hydrogens (tertiary/aromatic N) is 1. The lowest BCUT2D eigenvalue weighted by Gasteiger charge is -2.41. The maximum Gasteiger partial charge on any atom is 0.127 e. The van der Waals surface area contributed by atoms with Crippen molar-refractivity contribution in [1.82, 2.24) is 4.90 Å². The molecule has 0 bridgehead atoms. The molecule has 0 aliphatic carbocycles. The molecule has 3 aromatic carbocycles. The minimum atomic E-state index is -0.364. The van der Waals surface area contributed by atoms with E-state index in [1.165, 1.54) is 17.5 Å². The fourth-order valence-electron chi connectivity index (χ4n) is 5.25. The number of phenolic OH excluding ortho intramolecular Hbond substituents is 1. The molecule has 5 rings (SSSR count). The Morgan fingerprint density at radius 2 is 1.79 bits per heavy atom. The number of hydrogen-bond acceptors (Lipinski definition) is 4. The van der Waals surface area contributed by atoms with E-state index in [-0.39, 0.29) is 17.3 Å². The molecule has 4 heteroatoms.